The topological polar surface area (TPSA) is 54.0 Å². The van der Waals surface area contributed by atoms with Gasteiger partial charge in [0, 0.05) is 17.5 Å². The first-order valence-electron chi connectivity index (χ1n) is 8.66. The molecule has 0 bridgehead atoms. The molecule has 2 aliphatic carbocycles. The fourth-order valence-electron chi connectivity index (χ4n) is 3.95. The Morgan fingerprint density at radius 1 is 1.29 bits per heavy atom. The second-order valence-corrected chi connectivity index (χ2v) is 8.43. The average Bonchev–Trinajstić information content (AvgIpc) is 3.47. The van der Waals surface area contributed by atoms with Crippen molar-refractivity contribution in [2.24, 2.45) is 11.3 Å². The summed E-state index contributed by atoms with van der Waals surface area (Å²) in [6, 6.07) is 6.13. The molecule has 1 aromatic heterocycles. The van der Waals surface area contributed by atoms with Gasteiger partial charge in [0.2, 0.25) is 5.91 Å². The highest BCUT2D eigenvalue weighted by molar-refractivity contribution is 7.18. The Labute approximate surface area is 151 Å². The molecule has 2 aromatic rings. The first-order valence-corrected chi connectivity index (χ1v) is 9.47. The molecule has 4 nitrogen and oxygen atoms in total. The molecule has 6 heteroatoms. The zero-order valence-corrected chi connectivity index (χ0v) is 15.1. The second-order valence-electron chi connectivity index (χ2n) is 7.37. The molecule has 2 heterocycles. The van der Waals surface area contributed by atoms with Crippen molar-refractivity contribution in [1.29, 1.82) is 0 Å². The molecule has 1 aliphatic heterocycles. The number of hydrogen-bond acceptors (Lipinski definition) is 4. The molecule has 3 fully saturated rings. The van der Waals surface area contributed by atoms with E-state index in [2.05, 4.69) is 16.7 Å². The fourth-order valence-corrected chi connectivity index (χ4v) is 5.13. The van der Waals surface area contributed by atoms with Gasteiger partial charge in [-0.3, -0.25) is 4.79 Å². The smallest absolute Gasteiger partial charge is 0.228 e. The number of halogens is 1. The SMILES string of the molecule is Cl.O=C(Nc1ccc2nc(C3CC3)sc2c1)C1CC12CCNCC2. The molecule has 0 radical (unpaired) electrons. The second kappa shape index (κ2) is 5.97. The number of nitrogens with zero attached hydrogens (tertiary/aromatic N) is 1. The van der Waals surface area contributed by atoms with Gasteiger partial charge in [-0.25, -0.2) is 4.98 Å². The van der Waals surface area contributed by atoms with Gasteiger partial charge in [0.25, 0.3) is 0 Å². The molecule has 2 N–H and O–H groups in total. The maximum absolute atomic E-state index is 12.6. The first kappa shape index (κ1) is 16.3. The summed E-state index contributed by atoms with van der Waals surface area (Å²) in [7, 11) is 0. The zero-order chi connectivity index (χ0) is 15.4. The van der Waals surface area contributed by atoms with Crippen molar-refractivity contribution in [2.75, 3.05) is 18.4 Å². The number of nitrogens with one attached hydrogen (secondary N) is 2. The van der Waals surface area contributed by atoms with Gasteiger partial charge in [0.1, 0.15) is 0 Å². The molecular weight excluding hydrogens is 342 g/mol. The van der Waals surface area contributed by atoms with Crippen molar-refractivity contribution < 1.29 is 4.79 Å². The molecule has 1 saturated heterocycles. The summed E-state index contributed by atoms with van der Waals surface area (Å²) in [5, 5.41) is 7.79. The van der Waals surface area contributed by atoms with Crippen molar-refractivity contribution in [1.82, 2.24) is 10.3 Å². The van der Waals surface area contributed by atoms with E-state index < -0.39 is 0 Å². The highest BCUT2D eigenvalue weighted by Crippen LogP contribution is 2.58. The summed E-state index contributed by atoms with van der Waals surface area (Å²) >= 11 is 1.78. The molecule has 128 valence electrons. The predicted octanol–water partition coefficient (Wildman–Crippen LogP) is 3.92. The summed E-state index contributed by atoms with van der Waals surface area (Å²) in [5.41, 5.74) is 2.28. The van der Waals surface area contributed by atoms with Crippen LogP contribution in [0.5, 0.6) is 0 Å². The van der Waals surface area contributed by atoms with Gasteiger partial charge in [-0.1, -0.05) is 0 Å². The number of carbonyl (C=O) groups excluding carboxylic acids is 1. The summed E-state index contributed by atoms with van der Waals surface area (Å²) in [5.74, 6) is 1.11. The van der Waals surface area contributed by atoms with E-state index in [4.69, 9.17) is 4.98 Å². The third-order valence-electron chi connectivity index (χ3n) is 5.70. The van der Waals surface area contributed by atoms with E-state index >= 15 is 0 Å². The van der Waals surface area contributed by atoms with Crippen LogP contribution in [0.3, 0.4) is 0 Å². The van der Waals surface area contributed by atoms with Crippen LogP contribution < -0.4 is 10.6 Å². The number of amides is 1. The zero-order valence-electron chi connectivity index (χ0n) is 13.5. The van der Waals surface area contributed by atoms with Crippen molar-refractivity contribution in [3.63, 3.8) is 0 Å². The standard InChI is InChI=1S/C18H21N3OS.ClH/c22-16(13-10-18(13)5-7-19-8-6-18)20-12-3-4-14-15(9-12)23-17(21-14)11-1-2-11;/h3-4,9,11,13,19H,1-2,5-8,10H2,(H,20,22);1H. The van der Waals surface area contributed by atoms with Gasteiger partial charge in [-0.2, -0.15) is 0 Å². The summed E-state index contributed by atoms with van der Waals surface area (Å²) in [6.45, 7) is 2.11. The number of rotatable bonds is 3. The molecule has 1 aromatic carbocycles. The van der Waals surface area contributed by atoms with Gasteiger partial charge in [0.15, 0.2) is 0 Å². The minimum atomic E-state index is 0. The van der Waals surface area contributed by atoms with Gasteiger partial charge in [-0.05, 0) is 68.8 Å². The fraction of sp³-hybridized carbons (Fsp3) is 0.556. The van der Waals surface area contributed by atoms with Gasteiger partial charge < -0.3 is 10.6 Å². The Hall–Kier alpha value is -1.17. The lowest BCUT2D eigenvalue weighted by atomic mass is 9.92. The molecule has 1 amide bonds. The molecule has 5 rings (SSSR count). The lowest BCUT2D eigenvalue weighted by Gasteiger charge is -2.23. The third-order valence-corrected chi connectivity index (χ3v) is 6.89. The number of anilines is 1. The number of carbonyl (C=O) groups is 1. The van der Waals surface area contributed by atoms with Crippen LogP contribution in [0, 0.1) is 11.3 Å². The molecule has 3 aliphatic rings. The van der Waals surface area contributed by atoms with Crippen LogP contribution in [0.15, 0.2) is 18.2 Å². The van der Waals surface area contributed by atoms with E-state index in [-0.39, 0.29) is 24.2 Å². The first-order chi connectivity index (χ1) is 11.2. The summed E-state index contributed by atoms with van der Waals surface area (Å²) < 4.78 is 1.19. The number of benzene rings is 1. The van der Waals surface area contributed by atoms with E-state index in [0.29, 0.717) is 11.3 Å². The molecule has 1 spiro atoms. The Kier molecular flexibility index (Phi) is 4.06. The van der Waals surface area contributed by atoms with E-state index in [9.17, 15) is 4.79 Å². The lowest BCUT2D eigenvalue weighted by Crippen LogP contribution is -2.31. The highest BCUT2D eigenvalue weighted by Gasteiger charge is 2.57. The number of piperidine rings is 1. The minimum absolute atomic E-state index is 0. The summed E-state index contributed by atoms with van der Waals surface area (Å²) in [6.07, 6.45) is 5.91. The number of hydrogen-bond donors (Lipinski definition) is 2. The van der Waals surface area contributed by atoms with Crippen molar-refractivity contribution in [3.8, 4) is 0 Å². The maximum Gasteiger partial charge on any atom is 0.228 e. The minimum Gasteiger partial charge on any atom is -0.326 e. The van der Waals surface area contributed by atoms with Crippen LogP contribution in [0.2, 0.25) is 0 Å². The Balaban J connectivity index is 0.00000146. The van der Waals surface area contributed by atoms with Crippen LogP contribution >= 0.6 is 23.7 Å². The van der Waals surface area contributed by atoms with Gasteiger partial charge in [0.05, 0.1) is 15.2 Å². The van der Waals surface area contributed by atoms with Crippen LogP contribution in [-0.4, -0.2) is 24.0 Å². The molecular formula is C18H22ClN3OS. The quantitative estimate of drug-likeness (QED) is 0.868. The molecule has 2 saturated carbocycles. The van der Waals surface area contributed by atoms with Crippen LogP contribution in [-0.2, 0) is 4.79 Å². The Bertz CT molecular complexity index is 780. The maximum atomic E-state index is 12.6. The van der Waals surface area contributed by atoms with E-state index in [1.54, 1.807) is 11.3 Å². The van der Waals surface area contributed by atoms with Gasteiger partial charge in [-0.15, -0.1) is 23.7 Å². The Morgan fingerprint density at radius 2 is 2.08 bits per heavy atom. The number of aromatic nitrogens is 1. The van der Waals surface area contributed by atoms with Crippen LogP contribution in [0.4, 0.5) is 5.69 Å². The highest BCUT2D eigenvalue weighted by atomic mass is 35.5. The lowest BCUT2D eigenvalue weighted by molar-refractivity contribution is -0.118. The van der Waals surface area contributed by atoms with E-state index in [1.165, 1.54) is 22.5 Å². The molecule has 24 heavy (non-hydrogen) atoms. The van der Waals surface area contributed by atoms with Crippen molar-refractivity contribution >= 4 is 45.6 Å². The normalized spacial score (nSPS) is 24.6. The molecule has 1 atom stereocenters. The van der Waals surface area contributed by atoms with E-state index in [1.807, 2.05) is 12.1 Å². The number of thiazole rings is 1. The van der Waals surface area contributed by atoms with Crippen LogP contribution in [0.25, 0.3) is 10.2 Å². The molecule has 1 unspecified atom stereocenters. The van der Waals surface area contributed by atoms with Gasteiger partial charge >= 0.3 is 0 Å². The number of fused-ring (bicyclic) bond motifs is 1. The predicted molar refractivity (Wildman–Crippen MR) is 100 cm³/mol. The average molecular weight is 364 g/mol. The summed E-state index contributed by atoms with van der Waals surface area (Å²) in [4.78, 5) is 17.3. The third kappa shape index (κ3) is 2.83. The van der Waals surface area contributed by atoms with Crippen LogP contribution in [0.1, 0.15) is 43.0 Å². The van der Waals surface area contributed by atoms with Crippen molar-refractivity contribution in [2.45, 2.75) is 38.0 Å². The van der Waals surface area contributed by atoms with E-state index in [0.717, 1.165) is 43.6 Å². The van der Waals surface area contributed by atoms with Crippen molar-refractivity contribution in [3.05, 3.63) is 23.2 Å². The largest absolute Gasteiger partial charge is 0.326 e. The Morgan fingerprint density at radius 3 is 2.83 bits per heavy atom. The monoisotopic (exact) mass is 363 g/mol.